The van der Waals surface area contributed by atoms with Crippen LogP contribution in [-0.4, -0.2) is 5.91 Å². The highest BCUT2D eigenvalue weighted by Gasteiger charge is 2.14. The number of hydrogen-bond donors (Lipinski definition) is 1. The Morgan fingerprint density at radius 3 is 2.65 bits per heavy atom. The van der Waals surface area contributed by atoms with Gasteiger partial charge in [-0.2, -0.15) is 0 Å². The number of hydrogen-bond acceptors (Lipinski definition) is 2. The molecule has 0 fully saturated rings. The fourth-order valence-electron chi connectivity index (χ4n) is 1.24. The Balaban J connectivity index is 2.22. The van der Waals surface area contributed by atoms with Gasteiger partial charge in [0.2, 0.25) is 5.22 Å². The first kappa shape index (κ1) is 12.7. The summed E-state index contributed by atoms with van der Waals surface area (Å²) in [5.74, 6) is -0.313. The summed E-state index contributed by atoms with van der Waals surface area (Å²) in [6.45, 7) is 0. The largest absolute Gasteiger partial charge is 0.452 e. The van der Waals surface area contributed by atoms with Crippen molar-refractivity contribution in [3.63, 3.8) is 0 Å². The third-order valence-electron chi connectivity index (χ3n) is 2.04. The van der Waals surface area contributed by atoms with E-state index in [4.69, 9.17) is 16.0 Å². The molecule has 0 aliphatic heterocycles. The molecule has 6 heteroatoms. The quantitative estimate of drug-likeness (QED) is 0.821. The number of carbonyl (C=O) groups is 1. The maximum absolute atomic E-state index is 11.8. The van der Waals surface area contributed by atoms with Crippen molar-refractivity contribution in [2.75, 3.05) is 5.32 Å². The van der Waals surface area contributed by atoms with E-state index in [2.05, 4.69) is 37.2 Å². The van der Waals surface area contributed by atoms with Crippen LogP contribution in [-0.2, 0) is 0 Å². The van der Waals surface area contributed by atoms with Gasteiger partial charge in [-0.15, -0.1) is 0 Å². The highest BCUT2D eigenvalue weighted by molar-refractivity contribution is 9.11. The fourth-order valence-corrected chi connectivity index (χ4v) is 2.58. The smallest absolute Gasteiger partial charge is 0.260 e. The third-order valence-corrected chi connectivity index (χ3v) is 3.48. The van der Waals surface area contributed by atoms with E-state index < -0.39 is 0 Å². The van der Waals surface area contributed by atoms with Crippen molar-refractivity contribution in [2.45, 2.75) is 0 Å². The minimum absolute atomic E-state index is 0.0794. The van der Waals surface area contributed by atoms with E-state index in [0.29, 0.717) is 11.3 Å². The van der Waals surface area contributed by atoms with Crippen LogP contribution < -0.4 is 5.32 Å². The number of carbonyl (C=O) groups excluding carboxylic acids is 1. The van der Waals surface area contributed by atoms with Crippen molar-refractivity contribution in [1.29, 1.82) is 0 Å². The Bertz CT molecular complexity index is 568. The van der Waals surface area contributed by atoms with Crippen molar-refractivity contribution >= 4 is 55.1 Å². The number of nitrogens with one attached hydrogen (secondary N) is 1. The number of furan rings is 1. The molecule has 3 nitrogen and oxygen atoms in total. The summed E-state index contributed by atoms with van der Waals surface area (Å²) in [4.78, 5) is 11.8. The second-order valence-corrected chi connectivity index (χ2v) is 5.30. The molecule has 1 amide bonds. The zero-order valence-electron chi connectivity index (χ0n) is 8.34. The van der Waals surface area contributed by atoms with Crippen molar-refractivity contribution in [1.82, 2.24) is 0 Å². The van der Waals surface area contributed by atoms with Crippen molar-refractivity contribution in [2.24, 2.45) is 0 Å². The summed E-state index contributed by atoms with van der Waals surface area (Å²) in [5, 5.41) is 2.81. The summed E-state index contributed by atoms with van der Waals surface area (Å²) in [6, 6.07) is 6.97. The van der Waals surface area contributed by atoms with Gasteiger partial charge in [-0.05, 0) is 51.8 Å². The molecule has 0 aliphatic carbocycles. The number of benzene rings is 1. The lowest BCUT2D eigenvalue weighted by Crippen LogP contribution is -2.11. The molecule has 88 valence electrons. The Morgan fingerprint density at radius 1 is 1.29 bits per heavy atom. The van der Waals surface area contributed by atoms with E-state index in [1.54, 1.807) is 6.07 Å². The van der Waals surface area contributed by atoms with Gasteiger partial charge in [0.1, 0.15) is 0 Å². The summed E-state index contributed by atoms with van der Waals surface area (Å²) < 4.78 is 6.56. The highest BCUT2D eigenvalue weighted by atomic mass is 79.9. The summed E-state index contributed by atoms with van der Waals surface area (Å²) in [6.07, 6.45) is 1.37. The molecule has 0 unspecified atom stereocenters. The molecule has 1 aromatic heterocycles. The van der Waals surface area contributed by atoms with Gasteiger partial charge in [-0.3, -0.25) is 4.79 Å². The molecule has 2 rings (SSSR count). The molecule has 0 radical (unpaired) electrons. The Hall–Kier alpha value is -0.780. The predicted molar refractivity (Wildman–Crippen MR) is 73.5 cm³/mol. The van der Waals surface area contributed by atoms with E-state index in [-0.39, 0.29) is 11.1 Å². The van der Waals surface area contributed by atoms with E-state index >= 15 is 0 Å². The van der Waals surface area contributed by atoms with Crippen LogP contribution in [0, 0.1) is 0 Å². The van der Waals surface area contributed by atoms with Crippen molar-refractivity contribution in [3.8, 4) is 0 Å². The van der Waals surface area contributed by atoms with Crippen LogP contribution in [0.5, 0.6) is 0 Å². The average Bonchev–Trinajstić information content (AvgIpc) is 2.68. The van der Waals surface area contributed by atoms with Gasteiger partial charge in [0.15, 0.2) is 0 Å². The maximum Gasteiger partial charge on any atom is 0.260 e. The molecule has 0 saturated carbocycles. The van der Waals surface area contributed by atoms with Gasteiger partial charge in [0.05, 0.1) is 17.5 Å². The number of rotatable bonds is 2. The molecule has 0 aliphatic rings. The van der Waals surface area contributed by atoms with E-state index in [1.165, 1.54) is 12.3 Å². The zero-order valence-corrected chi connectivity index (χ0v) is 12.3. The molecular formula is C11H6Br2ClNO2. The van der Waals surface area contributed by atoms with E-state index in [0.717, 1.165) is 8.95 Å². The molecule has 0 saturated heterocycles. The van der Waals surface area contributed by atoms with E-state index in [9.17, 15) is 4.79 Å². The fraction of sp³-hybridized carbons (Fsp3) is 0. The first-order chi connectivity index (χ1) is 8.08. The molecule has 0 bridgehead atoms. The molecular weight excluding hydrogens is 373 g/mol. The standard InChI is InChI=1S/C11H6Br2ClNO2/c12-6-1-2-9(8(13)5-6)15-11(16)7-3-4-17-10(7)14/h1-5H,(H,15,16). The molecule has 17 heavy (non-hydrogen) atoms. The Morgan fingerprint density at radius 2 is 2.06 bits per heavy atom. The molecule has 1 heterocycles. The predicted octanol–water partition coefficient (Wildman–Crippen LogP) is 4.71. The molecule has 2 aromatic rings. The maximum atomic E-state index is 11.8. The topological polar surface area (TPSA) is 42.2 Å². The minimum atomic E-state index is -0.313. The second-order valence-electron chi connectivity index (χ2n) is 3.19. The van der Waals surface area contributed by atoms with Crippen molar-refractivity contribution < 1.29 is 9.21 Å². The molecule has 1 aromatic carbocycles. The van der Waals surface area contributed by atoms with Gasteiger partial charge < -0.3 is 9.73 Å². The van der Waals surface area contributed by atoms with Crippen LogP contribution >= 0.6 is 43.5 Å². The van der Waals surface area contributed by atoms with Crippen LogP contribution in [0.25, 0.3) is 0 Å². The highest BCUT2D eigenvalue weighted by Crippen LogP contribution is 2.27. The van der Waals surface area contributed by atoms with Crippen LogP contribution in [0.4, 0.5) is 5.69 Å². The minimum Gasteiger partial charge on any atom is -0.452 e. The van der Waals surface area contributed by atoms with Crippen LogP contribution in [0.2, 0.25) is 5.22 Å². The van der Waals surface area contributed by atoms with Gasteiger partial charge in [-0.1, -0.05) is 15.9 Å². The number of halogens is 3. The molecule has 1 N–H and O–H groups in total. The Labute approximate surface area is 119 Å². The lowest BCUT2D eigenvalue weighted by molar-refractivity contribution is 0.102. The second kappa shape index (κ2) is 5.25. The van der Waals surface area contributed by atoms with Crippen LogP contribution in [0.15, 0.2) is 43.9 Å². The van der Waals surface area contributed by atoms with Crippen molar-refractivity contribution in [3.05, 3.63) is 50.3 Å². The van der Waals surface area contributed by atoms with Gasteiger partial charge in [0, 0.05) is 8.95 Å². The number of anilines is 1. The molecule has 0 spiro atoms. The van der Waals surface area contributed by atoms with Gasteiger partial charge >= 0.3 is 0 Å². The summed E-state index contributed by atoms with van der Waals surface area (Å²) in [7, 11) is 0. The van der Waals surface area contributed by atoms with E-state index in [1.807, 2.05) is 12.1 Å². The average molecular weight is 379 g/mol. The van der Waals surface area contributed by atoms with Gasteiger partial charge in [-0.25, -0.2) is 0 Å². The first-order valence-corrected chi connectivity index (χ1v) is 6.53. The summed E-state index contributed by atoms with van der Waals surface area (Å²) in [5.41, 5.74) is 0.969. The monoisotopic (exact) mass is 377 g/mol. The SMILES string of the molecule is O=C(Nc1ccc(Br)cc1Br)c1ccoc1Cl. The molecule has 0 atom stereocenters. The van der Waals surface area contributed by atoms with Crippen LogP contribution in [0.1, 0.15) is 10.4 Å². The van der Waals surface area contributed by atoms with Gasteiger partial charge in [0.25, 0.3) is 5.91 Å². The first-order valence-electron chi connectivity index (χ1n) is 4.57. The number of amides is 1. The van der Waals surface area contributed by atoms with Crippen LogP contribution in [0.3, 0.4) is 0 Å². The lowest BCUT2D eigenvalue weighted by atomic mass is 10.3. The lowest BCUT2D eigenvalue weighted by Gasteiger charge is -2.06. The zero-order chi connectivity index (χ0) is 12.4. The normalized spacial score (nSPS) is 10.3. The Kier molecular flexibility index (Phi) is 3.91. The third kappa shape index (κ3) is 2.91. The summed E-state index contributed by atoms with van der Waals surface area (Å²) >= 11 is 12.4.